The van der Waals surface area contributed by atoms with Crippen LogP contribution in [0.2, 0.25) is 0 Å². The molecule has 0 radical (unpaired) electrons. The summed E-state index contributed by atoms with van der Waals surface area (Å²) in [5, 5.41) is 11.8. The van der Waals surface area contributed by atoms with Crippen LogP contribution in [0.3, 0.4) is 0 Å². The largest absolute Gasteiger partial charge is 0.481 e. The molecule has 1 heterocycles. The molecule has 0 aliphatic carbocycles. The molecular weight excluding hydrogens is 248 g/mol. The lowest BCUT2D eigenvalue weighted by atomic mass is 10.1. The molecule has 1 aliphatic rings. The van der Waals surface area contributed by atoms with E-state index in [1.54, 1.807) is 4.90 Å². The fourth-order valence-electron chi connectivity index (χ4n) is 2.35. The maximum atomic E-state index is 12.1. The summed E-state index contributed by atoms with van der Waals surface area (Å²) in [5.74, 6) is -0.404. The summed E-state index contributed by atoms with van der Waals surface area (Å²) in [4.78, 5) is 24.5. The lowest BCUT2D eigenvalue weighted by Gasteiger charge is -2.35. The molecule has 0 aromatic carbocycles. The summed E-state index contributed by atoms with van der Waals surface area (Å²) in [7, 11) is 0. The number of nitrogens with one attached hydrogen (secondary N) is 1. The van der Waals surface area contributed by atoms with Crippen molar-refractivity contribution in [2.24, 2.45) is 5.92 Å². The molecule has 1 saturated heterocycles. The van der Waals surface area contributed by atoms with Crippen molar-refractivity contribution in [1.82, 2.24) is 10.2 Å². The number of nitrogens with zero attached hydrogens (tertiary/aromatic N) is 1. The zero-order valence-electron chi connectivity index (χ0n) is 11.9. The van der Waals surface area contributed by atoms with E-state index in [4.69, 9.17) is 9.84 Å². The number of amides is 2. The van der Waals surface area contributed by atoms with E-state index in [9.17, 15) is 9.59 Å². The number of ether oxygens (including phenoxy) is 1. The zero-order chi connectivity index (χ0) is 14.4. The quantitative estimate of drug-likeness (QED) is 0.791. The van der Waals surface area contributed by atoms with Gasteiger partial charge in [-0.3, -0.25) is 4.79 Å². The maximum Gasteiger partial charge on any atom is 0.318 e. The van der Waals surface area contributed by atoms with Crippen molar-refractivity contribution >= 4 is 12.0 Å². The third-order valence-electron chi connectivity index (χ3n) is 3.09. The molecule has 2 unspecified atom stereocenters. The molecule has 19 heavy (non-hydrogen) atoms. The Morgan fingerprint density at radius 1 is 1.42 bits per heavy atom. The highest BCUT2D eigenvalue weighted by Gasteiger charge is 2.29. The number of urea groups is 1. The van der Waals surface area contributed by atoms with Gasteiger partial charge in [0.2, 0.25) is 0 Å². The molecule has 1 rings (SSSR count). The molecule has 0 spiro atoms. The van der Waals surface area contributed by atoms with Crippen LogP contribution in [0.4, 0.5) is 4.79 Å². The number of carboxylic acids is 1. The highest BCUT2D eigenvalue weighted by atomic mass is 16.5. The summed E-state index contributed by atoms with van der Waals surface area (Å²) < 4.78 is 5.25. The van der Waals surface area contributed by atoms with E-state index >= 15 is 0 Å². The van der Waals surface area contributed by atoms with Crippen LogP contribution in [0.5, 0.6) is 0 Å². The smallest absolute Gasteiger partial charge is 0.318 e. The van der Waals surface area contributed by atoms with Gasteiger partial charge in [-0.15, -0.1) is 0 Å². The van der Waals surface area contributed by atoms with Crippen molar-refractivity contribution in [2.75, 3.05) is 19.8 Å². The Morgan fingerprint density at radius 3 is 2.68 bits per heavy atom. The van der Waals surface area contributed by atoms with Gasteiger partial charge in [0.1, 0.15) is 0 Å². The first kappa shape index (κ1) is 15.8. The third-order valence-corrected chi connectivity index (χ3v) is 3.09. The minimum atomic E-state index is -0.913. The number of hydrogen-bond donors (Lipinski definition) is 2. The molecule has 6 heteroatoms. The molecule has 2 atom stereocenters. The number of carbonyl (C=O) groups excluding carboxylic acids is 1. The molecule has 6 nitrogen and oxygen atoms in total. The van der Waals surface area contributed by atoms with Gasteiger partial charge in [0.05, 0.1) is 25.7 Å². The van der Waals surface area contributed by atoms with Crippen molar-refractivity contribution < 1.29 is 19.4 Å². The lowest BCUT2D eigenvalue weighted by Crippen LogP contribution is -2.54. The van der Waals surface area contributed by atoms with E-state index < -0.39 is 5.97 Å². The molecule has 0 bridgehead atoms. The van der Waals surface area contributed by atoms with E-state index in [0.717, 1.165) is 6.42 Å². The molecule has 2 N–H and O–H groups in total. The number of hydrogen-bond acceptors (Lipinski definition) is 3. The summed E-state index contributed by atoms with van der Waals surface area (Å²) in [6.45, 7) is 7.36. The Bertz CT molecular complexity index is 320. The van der Waals surface area contributed by atoms with Gasteiger partial charge < -0.3 is 20.1 Å². The summed E-state index contributed by atoms with van der Waals surface area (Å²) in [6.07, 6.45) is 0.825. The fraction of sp³-hybridized carbons (Fsp3) is 0.846. The summed E-state index contributed by atoms with van der Waals surface area (Å²) in [5.41, 5.74) is 0. The van der Waals surface area contributed by atoms with Crippen molar-refractivity contribution in [1.29, 1.82) is 0 Å². The van der Waals surface area contributed by atoms with Crippen molar-refractivity contribution in [3.63, 3.8) is 0 Å². The van der Waals surface area contributed by atoms with Gasteiger partial charge in [-0.1, -0.05) is 13.8 Å². The topological polar surface area (TPSA) is 78.9 Å². The Hall–Kier alpha value is -1.30. The molecule has 1 fully saturated rings. The highest BCUT2D eigenvalue weighted by Crippen LogP contribution is 2.12. The molecular formula is C13H24N2O4. The van der Waals surface area contributed by atoms with Crippen LogP contribution in [0.25, 0.3) is 0 Å². The van der Waals surface area contributed by atoms with Crippen LogP contribution in [0.1, 0.15) is 33.6 Å². The average Bonchev–Trinajstić information content (AvgIpc) is 2.27. The minimum absolute atomic E-state index is 0.0774. The Labute approximate surface area is 114 Å². The zero-order valence-corrected chi connectivity index (χ0v) is 11.9. The van der Waals surface area contributed by atoms with Crippen LogP contribution >= 0.6 is 0 Å². The van der Waals surface area contributed by atoms with Crippen LogP contribution in [-0.2, 0) is 9.53 Å². The van der Waals surface area contributed by atoms with Gasteiger partial charge in [-0.25, -0.2) is 4.79 Å². The fourth-order valence-corrected chi connectivity index (χ4v) is 2.35. The van der Waals surface area contributed by atoms with Crippen molar-refractivity contribution in [3.05, 3.63) is 0 Å². The SMILES string of the molecule is CC(C)CC(C)NC(=O)N1CCOCC1CC(=O)O. The first-order chi connectivity index (χ1) is 8.90. The van der Waals surface area contributed by atoms with Crippen molar-refractivity contribution in [2.45, 2.75) is 45.7 Å². The van der Waals surface area contributed by atoms with Gasteiger partial charge in [0.25, 0.3) is 0 Å². The summed E-state index contributed by atoms with van der Waals surface area (Å²) >= 11 is 0. The monoisotopic (exact) mass is 272 g/mol. The van der Waals surface area contributed by atoms with E-state index in [2.05, 4.69) is 19.2 Å². The first-order valence-electron chi connectivity index (χ1n) is 6.76. The third kappa shape index (κ3) is 5.46. The molecule has 0 saturated carbocycles. The second-order valence-corrected chi connectivity index (χ2v) is 5.50. The van der Waals surface area contributed by atoms with Crippen LogP contribution < -0.4 is 5.32 Å². The normalized spacial score (nSPS) is 21.3. The number of aliphatic carboxylic acids is 1. The number of carbonyl (C=O) groups is 2. The second-order valence-electron chi connectivity index (χ2n) is 5.50. The van der Waals surface area contributed by atoms with E-state index in [-0.39, 0.29) is 31.1 Å². The average molecular weight is 272 g/mol. The van der Waals surface area contributed by atoms with Gasteiger partial charge in [-0.2, -0.15) is 0 Å². The van der Waals surface area contributed by atoms with Gasteiger partial charge in [-0.05, 0) is 19.3 Å². The molecule has 1 aliphatic heterocycles. The highest BCUT2D eigenvalue weighted by molar-refractivity contribution is 5.76. The number of morpholine rings is 1. The van der Waals surface area contributed by atoms with Crippen LogP contribution in [0.15, 0.2) is 0 Å². The Kier molecular flexibility index (Phi) is 6.08. The lowest BCUT2D eigenvalue weighted by molar-refractivity contribution is -0.139. The number of rotatable bonds is 5. The molecule has 0 aromatic heterocycles. The summed E-state index contributed by atoms with van der Waals surface area (Å²) in [6, 6.07) is -0.485. The van der Waals surface area contributed by atoms with Gasteiger partial charge in [0.15, 0.2) is 0 Å². The first-order valence-corrected chi connectivity index (χ1v) is 6.76. The van der Waals surface area contributed by atoms with Crippen molar-refractivity contribution in [3.8, 4) is 0 Å². The van der Waals surface area contributed by atoms with Crippen LogP contribution in [0, 0.1) is 5.92 Å². The van der Waals surface area contributed by atoms with Crippen LogP contribution in [-0.4, -0.2) is 53.8 Å². The van der Waals surface area contributed by atoms with Gasteiger partial charge in [0, 0.05) is 12.6 Å². The van der Waals surface area contributed by atoms with Gasteiger partial charge >= 0.3 is 12.0 Å². The van der Waals surface area contributed by atoms with E-state index in [0.29, 0.717) is 19.1 Å². The molecule has 0 aromatic rings. The van der Waals surface area contributed by atoms with E-state index in [1.165, 1.54) is 0 Å². The molecule has 110 valence electrons. The standard InChI is InChI=1S/C13H24N2O4/c1-9(2)6-10(3)14-13(18)15-4-5-19-8-11(15)7-12(16)17/h9-11H,4-8H2,1-3H3,(H,14,18)(H,16,17). The van der Waals surface area contributed by atoms with E-state index in [1.807, 2.05) is 6.92 Å². The predicted molar refractivity (Wildman–Crippen MR) is 71.0 cm³/mol. The molecule has 2 amide bonds. The predicted octanol–water partition coefficient (Wildman–Crippen LogP) is 1.31. The second kappa shape index (κ2) is 7.33. The number of carboxylic acid groups (broad SMARTS) is 1. The Morgan fingerprint density at radius 2 is 2.11 bits per heavy atom. The maximum absolute atomic E-state index is 12.1. The Balaban J connectivity index is 2.54. The minimum Gasteiger partial charge on any atom is -0.481 e.